The number of hydrogen-bond acceptors (Lipinski definition) is 7. The Balaban J connectivity index is 1.61. The molecule has 49 heavy (non-hydrogen) atoms. The lowest BCUT2D eigenvalue weighted by molar-refractivity contribution is 0.270. The molecule has 248 valence electrons. The Morgan fingerprint density at radius 2 is 1.10 bits per heavy atom. The fraction of sp³-hybridized carbons (Fsp3) is 0.220. The molecule has 0 fully saturated rings. The quantitative estimate of drug-likeness (QED) is 0.123. The summed E-state index contributed by atoms with van der Waals surface area (Å²) in [5, 5.41) is 31.1. The van der Waals surface area contributed by atoms with Crippen molar-refractivity contribution in [3.63, 3.8) is 0 Å². The van der Waals surface area contributed by atoms with Gasteiger partial charge in [-0.25, -0.2) is 0 Å². The van der Waals surface area contributed by atoms with Crippen LogP contribution in [0.3, 0.4) is 0 Å². The number of benzene rings is 5. The maximum atomic E-state index is 10.4. The third-order valence-corrected chi connectivity index (χ3v) is 13.3. The zero-order valence-corrected chi connectivity index (χ0v) is 29.1. The molecule has 0 bridgehead atoms. The van der Waals surface area contributed by atoms with Crippen molar-refractivity contribution in [2.75, 3.05) is 13.2 Å². The Hall–Kier alpha value is -5.54. The van der Waals surface area contributed by atoms with Gasteiger partial charge in [-0.3, -0.25) is 0 Å². The fourth-order valence-electron chi connectivity index (χ4n) is 6.12. The Morgan fingerprint density at radius 3 is 1.67 bits per heavy atom. The van der Waals surface area contributed by atoms with Gasteiger partial charge in [0, 0.05) is 23.1 Å². The zero-order valence-electron chi connectivity index (χ0n) is 28.1. The summed E-state index contributed by atoms with van der Waals surface area (Å²) in [6.07, 6.45) is 0.304. The number of phenolic OH excluding ortho intramolecular Hbond substituents is 1. The lowest BCUT2D eigenvalue weighted by Gasteiger charge is -2.43. The number of nitrogens with zero attached hydrogens (tertiary/aromatic N) is 2. The van der Waals surface area contributed by atoms with Crippen LogP contribution in [-0.4, -0.2) is 26.6 Å². The number of aromatic hydroxyl groups is 1. The van der Waals surface area contributed by atoms with Crippen molar-refractivity contribution in [1.29, 1.82) is 10.5 Å². The maximum Gasteiger partial charge on any atom is 0.261 e. The normalized spacial score (nSPS) is 11.3. The molecule has 0 radical (unpaired) electrons. The number of ether oxygens (including phenoxy) is 3. The van der Waals surface area contributed by atoms with E-state index in [1.54, 1.807) is 12.1 Å². The first-order chi connectivity index (χ1) is 23.7. The van der Waals surface area contributed by atoms with Gasteiger partial charge in [-0.1, -0.05) is 112 Å². The number of nitriles is 2. The molecular formula is C41H40N2O5Si. The molecule has 5 rings (SSSR count). The topological polar surface area (TPSA) is 105 Å². The minimum atomic E-state index is -2.91. The average Bonchev–Trinajstić information content (AvgIpc) is 3.11. The molecule has 0 unspecified atom stereocenters. The molecule has 0 saturated carbocycles. The first-order valence-corrected chi connectivity index (χ1v) is 18.0. The van der Waals surface area contributed by atoms with Crippen molar-refractivity contribution in [3.8, 4) is 35.1 Å². The highest BCUT2D eigenvalue weighted by Gasteiger charge is 2.50. The first kappa shape index (κ1) is 34.8. The van der Waals surface area contributed by atoms with Gasteiger partial charge in [-0.15, -0.1) is 0 Å². The lowest BCUT2D eigenvalue weighted by atomic mass is 10.0. The molecule has 5 aromatic rings. The smallest absolute Gasteiger partial charge is 0.261 e. The van der Waals surface area contributed by atoms with E-state index in [1.165, 1.54) is 6.07 Å². The van der Waals surface area contributed by atoms with E-state index < -0.39 is 8.32 Å². The number of hydrogen-bond donors (Lipinski definition) is 1. The van der Waals surface area contributed by atoms with E-state index in [0.717, 1.165) is 27.1 Å². The molecule has 8 heteroatoms. The van der Waals surface area contributed by atoms with Gasteiger partial charge in [0.1, 0.15) is 41.7 Å². The molecule has 0 aromatic heterocycles. The van der Waals surface area contributed by atoms with Crippen LogP contribution in [0.2, 0.25) is 5.04 Å². The second kappa shape index (κ2) is 16.0. The van der Waals surface area contributed by atoms with Gasteiger partial charge in [-0.05, 0) is 51.3 Å². The molecule has 0 amide bonds. The predicted octanol–water partition coefficient (Wildman–Crippen LogP) is 7.44. The second-order valence-corrected chi connectivity index (χ2v) is 17.0. The second-order valence-electron chi connectivity index (χ2n) is 12.7. The van der Waals surface area contributed by atoms with Gasteiger partial charge in [0.25, 0.3) is 8.32 Å². The minimum absolute atomic E-state index is 0.0716. The summed E-state index contributed by atoms with van der Waals surface area (Å²) in [6.45, 7) is 6.92. The van der Waals surface area contributed by atoms with E-state index in [0.29, 0.717) is 35.8 Å². The molecular weight excluding hydrogens is 629 g/mol. The zero-order chi connectivity index (χ0) is 34.7. The molecule has 0 aliphatic carbocycles. The van der Waals surface area contributed by atoms with E-state index in [2.05, 4.69) is 75.4 Å². The third-order valence-electron chi connectivity index (χ3n) is 8.35. The van der Waals surface area contributed by atoms with E-state index in [1.807, 2.05) is 60.7 Å². The maximum absolute atomic E-state index is 10.4. The van der Waals surface area contributed by atoms with Crippen LogP contribution >= 0.6 is 0 Å². The van der Waals surface area contributed by atoms with Crippen molar-refractivity contribution in [2.45, 2.75) is 45.4 Å². The highest BCUT2D eigenvalue weighted by Crippen LogP contribution is 2.39. The van der Waals surface area contributed by atoms with Gasteiger partial charge >= 0.3 is 0 Å². The number of rotatable bonds is 14. The van der Waals surface area contributed by atoms with Crippen LogP contribution in [0, 0.1) is 22.7 Å². The standard InChI is InChI=1S/C41H40N2O5Si/c1-41(2,3)49(36-15-9-5-10-16-36,37-17-11-6-12-18-37)48-30-34-28-39(47-29-31-13-7-4-8-14-31)33(27-40(34)46-24-22-43)25-32-26-35(44)19-20-38(32)45-23-21-42/h4-20,26-28,44H,23-25,29-30H2,1-3H3. The van der Waals surface area contributed by atoms with Gasteiger partial charge in [0.2, 0.25) is 0 Å². The summed E-state index contributed by atoms with van der Waals surface area (Å²) in [6, 6.07) is 43.4. The molecule has 0 spiro atoms. The summed E-state index contributed by atoms with van der Waals surface area (Å²) < 4.78 is 25.5. The van der Waals surface area contributed by atoms with Crippen LogP contribution in [0.15, 0.2) is 121 Å². The van der Waals surface area contributed by atoms with E-state index in [9.17, 15) is 10.4 Å². The molecule has 5 aromatic carbocycles. The van der Waals surface area contributed by atoms with Crippen LogP contribution in [0.4, 0.5) is 0 Å². The van der Waals surface area contributed by atoms with Crippen molar-refractivity contribution in [1.82, 2.24) is 0 Å². The van der Waals surface area contributed by atoms with Crippen LogP contribution in [0.5, 0.6) is 23.0 Å². The van der Waals surface area contributed by atoms with Gasteiger partial charge in [0.05, 0.1) is 6.61 Å². The summed E-state index contributed by atoms with van der Waals surface area (Å²) in [7, 11) is -2.91. The Bertz CT molecular complexity index is 1870. The van der Waals surface area contributed by atoms with Crippen LogP contribution < -0.4 is 24.6 Å². The van der Waals surface area contributed by atoms with Crippen molar-refractivity contribution in [2.24, 2.45) is 0 Å². The van der Waals surface area contributed by atoms with E-state index >= 15 is 0 Å². The first-order valence-electron chi connectivity index (χ1n) is 16.1. The Kier molecular flexibility index (Phi) is 11.4. The molecule has 0 heterocycles. The van der Waals surface area contributed by atoms with Crippen LogP contribution in [-0.2, 0) is 24.1 Å². The van der Waals surface area contributed by atoms with Crippen LogP contribution in [0.25, 0.3) is 0 Å². The average molecular weight is 669 g/mol. The summed E-state index contributed by atoms with van der Waals surface area (Å²) in [5.74, 6) is 1.65. The van der Waals surface area contributed by atoms with Crippen molar-refractivity contribution >= 4 is 18.7 Å². The van der Waals surface area contributed by atoms with Gasteiger partial charge in [0.15, 0.2) is 13.2 Å². The minimum Gasteiger partial charge on any atom is -0.508 e. The highest BCUT2D eigenvalue weighted by atomic mass is 28.4. The van der Waals surface area contributed by atoms with E-state index in [4.69, 9.17) is 23.9 Å². The monoisotopic (exact) mass is 668 g/mol. The van der Waals surface area contributed by atoms with Crippen LogP contribution in [0.1, 0.15) is 43.0 Å². The molecule has 1 N–H and O–H groups in total. The molecule has 0 atom stereocenters. The van der Waals surface area contributed by atoms with Crippen molar-refractivity contribution in [3.05, 3.63) is 144 Å². The SMILES string of the molecule is CC(C)(C)[Si](OCc1cc(OCc2ccccc2)c(Cc2cc(O)ccc2OCC#N)cc1OCC#N)(c1ccccc1)c1ccccc1. The third kappa shape index (κ3) is 8.31. The molecule has 0 saturated heterocycles. The Labute approximate surface area is 289 Å². The summed E-state index contributed by atoms with van der Waals surface area (Å²) in [5.41, 5.74) is 3.17. The lowest BCUT2D eigenvalue weighted by Crippen LogP contribution is -2.66. The predicted molar refractivity (Wildman–Crippen MR) is 193 cm³/mol. The van der Waals surface area contributed by atoms with Crippen molar-refractivity contribution < 1.29 is 23.7 Å². The summed E-state index contributed by atoms with van der Waals surface area (Å²) >= 11 is 0. The largest absolute Gasteiger partial charge is 0.508 e. The van der Waals surface area contributed by atoms with Gasteiger partial charge in [-0.2, -0.15) is 10.5 Å². The Morgan fingerprint density at radius 1 is 0.592 bits per heavy atom. The van der Waals surface area contributed by atoms with E-state index in [-0.39, 0.29) is 30.6 Å². The number of phenols is 1. The molecule has 0 aliphatic heterocycles. The molecule has 0 aliphatic rings. The summed E-state index contributed by atoms with van der Waals surface area (Å²) in [4.78, 5) is 0. The fourth-order valence-corrected chi connectivity index (χ4v) is 10.6. The highest BCUT2D eigenvalue weighted by molar-refractivity contribution is 6.99. The molecule has 7 nitrogen and oxygen atoms in total. The van der Waals surface area contributed by atoms with Gasteiger partial charge < -0.3 is 23.7 Å².